The highest BCUT2D eigenvalue weighted by atomic mass is 16.3. The zero-order chi connectivity index (χ0) is 14.7. The van der Waals surface area contributed by atoms with E-state index in [2.05, 4.69) is 51.0 Å². The molecule has 1 aromatic heterocycles. The fraction of sp³-hybridized carbons (Fsp3) is 0.471. The van der Waals surface area contributed by atoms with Crippen LogP contribution in [0.15, 0.2) is 30.5 Å². The van der Waals surface area contributed by atoms with Gasteiger partial charge >= 0.3 is 0 Å². The number of aromatic nitrogens is 2. The average Bonchev–Trinajstić information content (AvgIpc) is 2.82. The molecule has 0 amide bonds. The van der Waals surface area contributed by atoms with E-state index in [1.807, 2.05) is 16.9 Å². The van der Waals surface area contributed by atoms with E-state index in [1.54, 1.807) is 0 Å². The maximum atomic E-state index is 10.3. The summed E-state index contributed by atoms with van der Waals surface area (Å²) in [5.74, 6) is 0. The Hall–Kier alpha value is -1.61. The van der Waals surface area contributed by atoms with Crippen molar-refractivity contribution in [2.24, 2.45) is 0 Å². The third kappa shape index (κ3) is 3.70. The van der Waals surface area contributed by atoms with Crippen LogP contribution in [0.25, 0.3) is 0 Å². The minimum atomic E-state index is -0.383. The van der Waals surface area contributed by atoms with Crippen molar-refractivity contribution in [2.45, 2.75) is 52.7 Å². The van der Waals surface area contributed by atoms with Gasteiger partial charge in [0.25, 0.3) is 0 Å². The van der Waals surface area contributed by atoms with Crippen LogP contribution in [0.4, 0.5) is 0 Å². The van der Waals surface area contributed by atoms with Gasteiger partial charge in [-0.1, -0.05) is 23.8 Å². The van der Waals surface area contributed by atoms with Crippen molar-refractivity contribution in [3.8, 4) is 0 Å². The molecule has 1 atom stereocenters. The Morgan fingerprint density at radius 3 is 2.55 bits per heavy atom. The third-order valence-corrected chi connectivity index (χ3v) is 3.60. The fourth-order valence-corrected chi connectivity index (χ4v) is 2.36. The summed E-state index contributed by atoms with van der Waals surface area (Å²) in [7, 11) is 0. The normalized spacial score (nSPS) is 12.9. The summed E-state index contributed by atoms with van der Waals surface area (Å²) in [6, 6.07) is 8.73. The van der Waals surface area contributed by atoms with Gasteiger partial charge in [-0.3, -0.25) is 4.68 Å². The second kappa shape index (κ2) is 6.23. The molecule has 2 rings (SSSR count). The number of aliphatic hydroxyl groups is 1. The molecule has 0 aliphatic carbocycles. The molecule has 0 saturated carbocycles. The van der Waals surface area contributed by atoms with Crippen molar-refractivity contribution < 1.29 is 5.11 Å². The summed E-state index contributed by atoms with van der Waals surface area (Å²) in [5.41, 5.74) is 4.65. The van der Waals surface area contributed by atoms with E-state index in [9.17, 15) is 5.11 Å². The summed E-state index contributed by atoms with van der Waals surface area (Å²) in [4.78, 5) is 0. The van der Waals surface area contributed by atoms with Gasteiger partial charge in [0.15, 0.2) is 0 Å². The Bertz CT molecular complexity index is 572. The van der Waals surface area contributed by atoms with Gasteiger partial charge in [-0.2, -0.15) is 5.10 Å². The summed E-state index contributed by atoms with van der Waals surface area (Å²) >= 11 is 0. The van der Waals surface area contributed by atoms with Gasteiger partial charge in [-0.25, -0.2) is 0 Å². The quantitative estimate of drug-likeness (QED) is 0.907. The second-order valence-electron chi connectivity index (χ2n) is 5.87. The number of aliphatic hydroxyl groups excluding tert-OH is 1. The van der Waals surface area contributed by atoms with Gasteiger partial charge in [0.05, 0.1) is 11.8 Å². The van der Waals surface area contributed by atoms with Crippen LogP contribution in [0.5, 0.6) is 0 Å². The summed E-state index contributed by atoms with van der Waals surface area (Å²) in [6.07, 6.45) is 2.88. The van der Waals surface area contributed by atoms with Crippen molar-refractivity contribution in [3.05, 3.63) is 52.8 Å². The second-order valence-corrected chi connectivity index (χ2v) is 5.87. The number of hydrogen-bond donors (Lipinski definition) is 1. The Morgan fingerprint density at radius 1 is 1.15 bits per heavy atom. The van der Waals surface area contributed by atoms with Gasteiger partial charge < -0.3 is 5.11 Å². The Kier molecular flexibility index (Phi) is 4.61. The lowest BCUT2D eigenvalue weighted by Crippen LogP contribution is -2.15. The van der Waals surface area contributed by atoms with E-state index in [0.717, 1.165) is 5.69 Å². The summed E-state index contributed by atoms with van der Waals surface area (Å²) in [5, 5.41) is 14.8. The molecule has 108 valence electrons. The maximum Gasteiger partial charge on any atom is 0.0650 e. The molecule has 3 nitrogen and oxygen atoms in total. The molecular formula is C17H24N2O. The maximum absolute atomic E-state index is 10.3. The van der Waals surface area contributed by atoms with Gasteiger partial charge in [0, 0.05) is 18.7 Å². The van der Waals surface area contributed by atoms with E-state index in [1.165, 1.54) is 16.7 Å². The molecule has 1 unspecified atom stereocenters. The number of rotatable bonds is 5. The number of nitrogens with zero attached hydrogens (tertiary/aromatic N) is 2. The first-order valence-electron chi connectivity index (χ1n) is 7.24. The van der Waals surface area contributed by atoms with Crippen molar-refractivity contribution in [1.29, 1.82) is 0 Å². The highest BCUT2D eigenvalue weighted by Gasteiger charge is 2.11. The lowest BCUT2D eigenvalue weighted by molar-refractivity contribution is 0.173. The van der Waals surface area contributed by atoms with Crippen LogP contribution < -0.4 is 0 Å². The molecule has 3 heteroatoms. The lowest BCUT2D eigenvalue weighted by atomic mass is 9.98. The molecule has 0 radical (unpaired) electrons. The molecule has 0 fully saturated rings. The van der Waals surface area contributed by atoms with E-state index in [0.29, 0.717) is 18.9 Å². The highest BCUT2D eigenvalue weighted by molar-refractivity contribution is 5.31. The average molecular weight is 272 g/mol. The Morgan fingerprint density at radius 2 is 1.90 bits per heavy atom. The molecule has 0 saturated heterocycles. The minimum Gasteiger partial charge on any atom is -0.392 e. The van der Waals surface area contributed by atoms with Crippen molar-refractivity contribution in [2.75, 3.05) is 0 Å². The van der Waals surface area contributed by atoms with Crippen molar-refractivity contribution in [1.82, 2.24) is 9.78 Å². The van der Waals surface area contributed by atoms with E-state index < -0.39 is 0 Å². The third-order valence-electron chi connectivity index (χ3n) is 3.60. The first-order chi connectivity index (χ1) is 9.45. The Labute approximate surface area is 121 Å². The van der Waals surface area contributed by atoms with Crippen LogP contribution in [0.1, 0.15) is 42.3 Å². The largest absolute Gasteiger partial charge is 0.392 e. The molecule has 0 aliphatic rings. The molecule has 1 heterocycles. The smallest absolute Gasteiger partial charge is 0.0650 e. The molecule has 2 aromatic rings. The molecule has 1 aromatic carbocycles. The van der Waals surface area contributed by atoms with Crippen LogP contribution in [0.3, 0.4) is 0 Å². The van der Waals surface area contributed by atoms with E-state index in [-0.39, 0.29) is 6.10 Å². The molecule has 0 bridgehead atoms. The molecule has 1 N–H and O–H groups in total. The van der Waals surface area contributed by atoms with Crippen LogP contribution in [0.2, 0.25) is 0 Å². The zero-order valence-electron chi connectivity index (χ0n) is 12.8. The standard InChI is InChI=1S/C17H24N2O/c1-12(2)19-8-7-16(18-19)11-17(20)10-15-9-13(3)5-6-14(15)4/h5-9,12,17,20H,10-11H2,1-4H3. The minimum absolute atomic E-state index is 0.361. The van der Waals surface area contributed by atoms with Crippen molar-refractivity contribution in [3.63, 3.8) is 0 Å². The van der Waals surface area contributed by atoms with Crippen LogP contribution in [-0.4, -0.2) is 21.0 Å². The molecule has 0 aliphatic heterocycles. The van der Waals surface area contributed by atoms with Crippen molar-refractivity contribution >= 4 is 0 Å². The molecule has 0 spiro atoms. The topological polar surface area (TPSA) is 38.0 Å². The van der Waals surface area contributed by atoms with Gasteiger partial charge in [0.1, 0.15) is 0 Å². The first-order valence-corrected chi connectivity index (χ1v) is 7.24. The van der Waals surface area contributed by atoms with E-state index in [4.69, 9.17) is 0 Å². The van der Waals surface area contributed by atoms with E-state index >= 15 is 0 Å². The Balaban J connectivity index is 2.01. The monoisotopic (exact) mass is 272 g/mol. The number of hydrogen-bond acceptors (Lipinski definition) is 2. The fourth-order valence-electron chi connectivity index (χ4n) is 2.36. The first kappa shape index (κ1) is 14.8. The summed E-state index contributed by atoms with van der Waals surface area (Å²) in [6.45, 7) is 8.38. The van der Waals surface area contributed by atoms with Crippen LogP contribution >= 0.6 is 0 Å². The highest BCUT2D eigenvalue weighted by Crippen LogP contribution is 2.15. The predicted molar refractivity (Wildman–Crippen MR) is 81.9 cm³/mol. The van der Waals surface area contributed by atoms with Gasteiger partial charge in [0.2, 0.25) is 0 Å². The zero-order valence-corrected chi connectivity index (χ0v) is 12.8. The van der Waals surface area contributed by atoms with Gasteiger partial charge in [-0.15, -0.1) is 0 Å². The van der Waals surface area contributed by atoms with Gasteiger partial charge in [-0.05, 0) is 51.3 Å². The number of benzene rings is 1. The SMILES string of the molecule is Cc1ccc(C)c(CC(O)Cc2ccn(C(C)C)n2)c1. The number of aryl methyl sites for hydroxylation is 2. The molecular weight excluding hydrogens is 248 g/mol. The summed E-state index contributed by atoms with van der Waals surface area (Å²) < 4.78 is 1.93. The van der Waals surface area contributed by atoms with Crippen LogP contribution in [0, 0.1) is 13.8 Å². The molecule has 20 heavy (non-hydrogen) atoms. The predicted octanol–water partition coefficient (Wildman–Crippen LogP) is 3.23. The lowest BCUT2D eigenvalue weighted by Gasteiger charge is -2.12. The van der Waals surface area contributed by atoms with Crippen LogP contribution in [-0.2, 0) is 12.8 Å².